The van der Waals surface area contributed by atoms with E-state index in [9.17, 15) is 4.79 Å². The topological polar surface area (TPSA) is 56.1 Å². The molecule has 0 saturated carbocycles. The molecule has 84 valence electrons. The molecule has 5 nitrogen and oxygen atoms in total. The highest BCUT2D eigenvalue weighted by Crippen LogP contribution is 2.03. The lowest BCUT2D eigenvalue weighted by Crippen LogP contribution is -2.30. The van der Waals surface area contributed by atoms with Crippen LogP contribution in [-0.2, 0) is 16.1 Å². The van der Waals surface area contributed by atoms with Crippen LogP contribution in [0.25, 0.3) is 0 Å². The SMILES string of the molecule is COCCNC(=O)Cn1cnc(C)c1C. The molecule has 0 saturated heterocycles. The Morgan fingerprint density at radius 3 is 2.87 bits per heavy atom. The molecule has 0 aliphatic carbocycles. The molecule has 0 fully saturated rings. The maximum Gasteiger partial charge on any atom is 0.240 e. The van der Waals surface area contributed by atoms with Crippen molar-refractivity contribution in [1.29, 1.82) is 0 Å². The molecule has 0 radical (unpaired) electrons. The highest BCUT2D eigenvalue weighted by molar-refractivity contribution is 5.75. The predicted octanol–water partition coefficient (Wildman–Crippen LogP) is 0.263. The molecule has 0 bridgehead atoms. The summed E-state index contributed by atoms with van der Waals surface area (Å²) in [5.41, 5.74) is 1.98. The minimum Gasteiger partial charge on any atom is -0.383 e. The van der Waals surface area contributed by atoms with Crippen LogP contribution in [0.3, 0.4) is 0 Å². The van der Waals surface area contributed by atoms with E-state index in [-0.39, 0.29) is 5.91 Å². The molecule has 1 aromatic rings. The number of rotatable bonds is 5. The summed E-state index contributed by atoms with van der Waals surface area (Å²) in [6.07, 6.45) is 1.68. The quantitative estimate of drug-likeness (QED) is 0.711. The van der Waals surface area contributed by atoms with E-state index in [0.717, 1.165) is 11.4 Å². The Labute approximate surface area is 89.4 Å². The average Bonchev–Trinajstić information content (AvgIpc) is 2.50. The van der Waals surface area contributed by atoms with Gasteiger partial charge in [-0.25, -0.2) is 4.98 Å². The van der Waals surface area contributed by atoms with Crippen LogP contribution < -0.4 is 5.32 Å². The van der Waals surface area contributed by atoms with Crippen molar-refractivity contribution in [2.75, 3.05) is 20.3 Å². The summed E-state index contributed by atoms with van der Waals surface area (Å²) in [4.78, 5) is 15.6. The molecule has 1 rings (SSSR count). The van der Waals surface area contributed by atoms with Crippen molar-refractivity contribution in [1.82, 2.24) is 14.9 Å². The molecule has 1 amide bonds. The van der Waals surface area contributed by atoms with Gasteiger partial charge in [-0.15, -0.1) is 0 Å². The molecule has 0 aliphatic rings. The first-order valence-electron chi connectivity index (χ1n) is 4.89. The van der Waals surface area contributed by atoms with Crippen LogP contribution in [0.2, 0.25) is 0 Å². The molecule has 0 aromatic carbocycles. The summed E-state index contributed by atoms with van der Waals surface area (Å²) in [6.45, 7) is 5.27. The standard InChI is InChI=1S/C10H17N3O2/c1-8-9(2)13(7-12-8)6-10(14)11-4-5-15-3/h7H,4-6H2,1-3H3,(H,11,14). The fourth-order valence-corrected chi connectivity index (χ4v) is 1.21. The molecular formula is C10H17N3O2. The van der Waals surface area contributed by atoms with Gasteiger partial charge in [0.05, 0.1) is 18.6 Å². The van der Waals surface area contributed by atoms with Gasteiger partial charge in [0.25, 0.3) is 0 Å². The fourth-order valence-electron chi connectivity index (χ4n) is 1.21. The number of ether oxygens (including phenoxy) is 1. The molecule has 0 unspecified atom stereocenters. The van der Waals surface area contributed by atoms with Crippen LogP contribution in [0, 0.1) is 13.8 Å². The number of amides is 1. The van der Waals surface area contributed by atoms with Gasteiger partial charge in [-0.2, -0.15) is 0 Å². The van der Waals surface area contributed by atoms with Gasteiger partial charge in [-0.1, -0.05) is 0 Å². The van der Waals surface area contributed by atoms with Crippen LogP contribution in [0.1, 0.15) is 11.4 Å². The number of carbonyl (C=O) groups is 1. The van der Waals surface area contributed by atoms with Crippen molar-refractivity contribution < 1.29 is 9.53 Å². The normalized spacial score (nSPS) is 10.3. The third-order valence-electron chi connectivity index (χ3n) is 2.29. The molecule has 5 heteroatoms. The van der Waals surface area contributed by atoms with Crippen molar-refractivity contribution in [3.8, 4) is 0 Å². The Bertz CT molecular complexity index is 333. The smallest absolute Gasteiger partial charge is 0.240 e. The highest BCUT2D eigenvalue weighted by Gasteiger charge is 2.06. The lowest BCUT2D eigenvalue weighted by atomic mass is 10.4. The fraction of sp³-hybridized carbons (Fsp3) is 0.600. The predicted molar refractivity (Wildman–Crippen MR) is 56.6 cm³/mol. The molecule has 0 spiro atoms. The third-order valence-corrected chi connectivity index (χ3v) is 2.29. The van der Waals surface area contributed by atoms with Crippen molar-refractivity contribution in [3.05, 3.63) is 17.7 Å². The van der Waals surface area contributed by atoms with E-state index in [4.69, 9.17) is 4.74 Å². The number of nitrogens with zero attached hydrogens (tertiary/aromatic N) is 2. The van der Waals surface area contributed by atoms with Crippen LogP contribution >= 0.6 is 0 Å². The van der Waals surface area contributed by atoms with Gasteiger partial charge >= 0.3 is 0 Å². The highest BCUT2D eigenvalue weighted by atomic mass is 16.5. The van der Waals surface area contributed by atoms with Crippen molar-refractivity contribution in [3.63, 3.8) is 0 Å². The molecule has 1 N–H and O–H groups in total. The maximum absolute atomic E-state index is 11.4. The molecular weight excluding hydrogens is 194 g/mol. The summed E-state index contributed by atoms with van der Waals surface area (Å²) >= 11 is 0. The number of methoxy groups -OCH3 is 1. The van der Waals surface area contributed by atoms with E-state index in [1.165, 1.54) is 0 Å². The molecule has 0 aliphatic heterocycles. The minimum atomic E-state index is -0.0208. The first-order valence-corrected chi connectivity index (χ1v) is 4.89. The van der Waals surface area contributed by atoms with E-state index >= 15 is 0 Å². The van der Waals surface area contributed by atoms with Crippen molar-refractivity contribution in [2.45, 2.75) is 20.4 Å². The van der Waals surface area contributed by atoms with Gasteiger partial charge < -0.3 is 14.6 Å². The lowest BCUT2D eigenvalue weighted by molar-refractivity contribution is -0.121. The van der Waals surface area contributed by atoms with E-state index < -0.39 is 0 Å². The van der Waals surface area contributed by atoms with E-state index in [0.29, 0.717) is 19.7 Å². The van der Waals surface area contributed by atoms with Gasteiger partial charge in [-0.05, 0) is 13.8 Å². The van der Waals surface area contributed by atoms with Crippen LogP contribution in [0.4, 0.5) is 0 Å². The van der Waals surface area contributed by atoms with Crippen LogP contribution in [-0.4, -0.2) is 35.7 Å². The number of nitrogens with one attached hydrogen (secondary N) is 1. The summed E-state index contributed by atoms with van der Waals surface area (Å²) in [5.74, 6) is -0.0208. The summed E-state index contributed by atoms with van der Waals surface area (Å²) < 4.78 is 6.67. The van der Waals surface area contributed by atoms with Crippen molar-refractivity contribution in [2.24, 2.45) is 0 Å². The number of hydrogen-bond acceptors (Lipinski definition) is 3. The largest absolute Gasteiger partial charge is 0.383 e. The van der Waals surface area contributed by atoms with Gasteiger partial charge in [0.2, 0.25) is 5.91 Å². The van der Waals surface area contributed by atoms with Gasteiger partial charge in [0.1, 0.15) is 6.54 Å². The Hall–Kier alpha value is -1.36. The van der Waals surface area contributed by atoms with E-state index in [1.807, 2.05) is 18.4 Å². The van der Waals surface area contributed by atoms with Crippen molar-refractivity contribution >= 4 is 5.91 Å². The second-order valence-electron chi connectivity index (χ2n) is 3.39. The molecule has 0 atom stereocenters. The number of imidazole rings is 1. The number of carbonyl (C=O) groups excluding carboxylic acids is 1. The van der Waals surface area contributed by atoms with E-state index in [2.05, 4.69) is 10.3 Å². The van der Waals surface area contributed by atoms with E-state index in [1.54, 1.807) is 13.4 Å². The second-order valence-corrected chi connectivity index (χ2v) is 3.39. The zero-order valence-electron chi connectivity index (χ0n) is 9.41. The zero-order valence-corrected chi connectivity index (χ0v) is 9.41. The number of aryl methyl sites for hydroxylation is 1. The third kappa shape index (κ3) is 3.36. The Morgan fingerprint density at radius 1 is 1.60 bits per heavy atom. The molecule has 1 aromatic heterocycles. The van der Waals surface area contributed by atoms with Gasteiger partial charge in [-0.3, -0.25) is 4.79 Å². The Kier molecular flexibility index (Phi) is 4.30. The lowest BCUT2D eigenvalue weighted by Gasteiger charge is -2.06. The van der Waals surface area contributed by atoms with Crippen LogP contribution in [0.15, 0.2) is 6.33 Å². The summed E-state index contributed by atoms with van der Waals surface area (Å²) in [7, 11) is 1.61. The van der Waals surface area contributed by atoms with Gasteiger partial charge in [0.15, 0.2) is 0 Å². The Morgan fingerprint density at radius 2 is 2.33 bits per heavy atom. The Balaban J connectivity index is 2.41. The van der Waals surface area contributed by atoms with Crippen LogP contribution in [0.5, 0.6) is 0 Å². The summed E-state index contributed by atoms with van der Waals surface area (Å²) in [6, 6.07) is 0. The number of hydrogen-bond donors (Lipinski definition) is 1. The second kappa shape index (κ2) is 5.50. The molecule has 15 heavy (non-hydrogen) atoms. The first-order chi connectivity index (χ1) is 7.15. The first kappa shape index (κ1) is 11.7. The average molecular weight is 211 g/mol. The number of aromatic nitrogens is 2. The summed E-state index contributed by atoms with van der Waals surface area (Å²) in [5, 5.41) is 2.76. The zero-order chi connectivity index (χ0) is 11.3. The minimum absolute atomic E-state index is 0.0208. The maximum atomic E-state index is 11.4. The monoisotopic (exact) mass is 211 g/mol. The van der Waals surface area contributed by atoms with Gasteiger partial charge in [0, 0.05) is 19.3 Å². The molecule has 1 heterocycles.